The van der Waals surface area contributed by atoms with Crippen LogP contribution in [0.3, 0.4) is 0 Å². The van der Waals surface area contributed by atoms with Crippen LogP contribution in [0.15, 0.2) is 58.3 Å². The molecule has 0 bridgehead atoms. The first-order valence-electron chi connectivity index (χ1n) is 7.38. The van der Waals surface area contributed by atoms with Gasteiger partial charge < -0.3 is 5.73 Å². The molecule has 3 rings (SSSR count). The number of halogens is 2. The Kier molecular flexibility index (Phi) is 4.78. The summed E-state index contributed by atoms with van der Waals surface area (Å²) in [5.74, 6) is -0.417. The van der Waals surface area contributed by atoms with Crippen molar-refractivity contribution >= 4 is 29.3 Å². The number of hydrogen-bond acceptors (Lipinski definition) is 5. The summed E-state index contributed by atoms with van der Waals surface area (Å²) in [5, 5.41) is 9.74. The normalized spacial score (nSPS) is 10.8. The Balaban J connectivity index is 2.13. The van der Waals surface area contributed by atoms with Crippen molar-refractivity contribution in [3.63, 3.8) is 0 Å². The smallest absolute Gasteiger partial charge is 0.355 e. The number of nitrogens with zero attached hydrogens (tertiary/aromatic N) is 4. The highest BCUT2D eigenvalue weighted by molar-refractivity contribution is 6.30. The number of nitrogens with two attached hydrogens (primary N) is 1. The van der Waals surface area contributed by atoms with Gasteiger partial charge in [0.1, 0.15) is 23.4 Å². The molecule has 0 spiro atoms. The van der Waals surface area contributed by atoms with E-state index in [4.69, 9.17) is 17.3 Å². The Morgan fingerprint density at radius 2 is 1.85 bits per heavy atom. The molecule has 2 N–H and O–H groups in total. The van der Waals surface area contributed by atoms with Crippen LogP contribution in [0.2, 0.25) is 5.02 Å². The highest BCUT2D eigenvalue weighted by Gasteiger charge is 2.15. The molecule has 1 aromatic heterocycles. The van der Waals surface area contributed by atoms with Gasteiger partial charge in [-0.3, -0.25) is 0 Å². The second-order valence-electron chi connectivity index (χ2n) is 5.21. The average Bonchev–Trinajstić information content (AvgIpc) is 2.63. The number of nitrogen functional groups attached to an aromatic ring is 1. The van der Waals surface area contributed by atoms with E-state index < -0.39 is 5.69 Å². The lowest BCUT2D eigenvalue weighted by Gasteiger charge is -2.11. The van der Waals surface area contributed by atoms with Gasteiger partial charge in [-0.05, 0) is 42.0 Å². The van der Waals surface area contributed by atoms with E-state index in [0.29, 0.717) is 16.3 Å². The molecule has 8 heteroatoms. The van der Waals surface area contributed by atoms with Crippen molar-refractivity contribution in [3.05, 3.63) is 81.1 Å². The predicted octanol–water partition coefficient (Wildman–Crippen LogP) is 3.23. The molecule has 0 fully saturated rings. The monoisotopic (exact) mass is 367 g/mol. The molecule has 0 aliphatic rings. The first-order valence-corrected chi connectivity index (χ1v) is 7.75. The lowest BCUT2D eigenvalue weighted by Crippen LogP contribution is -2.25. The molecule has 0 aliphatic heterocycles. The average molecular weight is 368 g/mol. The number of aromatic nitrogens is 2. The van der Waals surface area contributed by atoms with E-state index in [0.717, 1.165) is 4.57 Å². The van der Waals surface area contributed by atoms with Gasteiger partial charge in [-0.2, -0.15) is 10.2 Å². The molecule has 0 aliphatic carbocycles. The quantitative estimate of drug-likeness (QED) is 0.718. The molecule has 1 heterocycles. The number of aliphatic imine (C=N–C) groups is 1. The molecule has 128 valence electrons. The van der Waals surface area contributed by atoms with Gasteiger partial charge in [0, 0.05) is 11.2 Å². The zero-order chi connectivity index (χ0) is 18.7. The minimum Gasteiger partial charge on any atom is -0.383 e. The third-order valence-corrected chi connectivity index (χ3v) is 3.76. The van der Waals surface area contributed by atoms with Gasteiger partial charge in [0.05, 0.1) is 5.69 Å². The minimum atomic E-state index is -0.706. The number of rotatable bonds is 3. The molecule has 0 saturated heterocycles. The van der Waals surface area contributed by atoms with Crippen LogP contribution in [-0.2, 0) is 0 Å². The van der Waals surface area contributed by atoms with Crippen molar-refractivity contribution in [1.29, 1.82) is 5.26 Å². The van der Waals surface area contributed by atoms with E-state index in [-0.39, 0.29) is 23.0 Å². The highest BCUT2D eigenvalue weighted by atomic mass is 35.5. The highest BCUT2D eigenvalue weighted by Crippen LogP contribution is 2.26. The minimum absolute atomic E-state index is 0.0396. The van der Waals surface area contributed by atoms with Gasteiger partial charge >= 0.3 is 5.69 Å². The van der Waals surface area contributed by atoms with Crippen molar-refractivity contribution in [2.75, 3.05) is 5.73 Å². The Labute approximate surface area is 152 Å². The summed E-state index contributed by atoms with van der Waals surface area (Å²) in [5.41, 5.74) is 6.26. The van der Waals surface area contributed by atoms with Crippen LogP contribution < -0.4 is 11.4 Å². The number of benzene rings is 2. The lowest BCUT2D eigenvalue weighted by atomic mass is 10.2. The zero-order valence-corrected chi connectivity index (χ0v) is 14.0. The zero-order valence-electron chi connectivity index (χ0n) is 13.2. The molecule has 0 amide bonds. The third-order valence-electron chi connectivity index (χ3n) is 3.51. The van der Waals surface area contributed by atoms with E-state index in [9.17, 15) is 14.4 Å². The SMILES string of the molecule is N#Cc1nc(=O)n(-c2ccc(Cl)cc2)c(N)c1N=Cc1ccc(F)cc1. The van der Waals surface area contributed by atoms with E-state index in [1.165, 1.54) is 30.5 Å². The molecular formula is C18H11ClFN5O. The van der Waals surface area contributed by atoms with Crippen molar-refractivity contribution in [1.82, 2.24) is 9.55 Å². The van der Waals surface area contributed by atoms with Crippen LogP contribution in [0.1, 0.15) is 11.3 Å². The van der Waals surface area contributed by atoms with Gasteiger partial charge in [0.25, 0.3) is 0 Å². The van der Waals surface area contributed by atoms with Gasteiger partial charge in [0.2, 0.25) is 0 Å². The maximum Gasteiger partial charge on any atom is 0.355 e. The molecule has 6 nitrogen and oxygen atoms in total. The van der Waals surface area contributed by atoms with Gasteiger partial charge in [-0.15, -0.1) is 0 Å². The summed E-state index contributed by atoms with van der Waals surface area (Å²) < 4.78 is 14.1. The first-order chi connectivity index (χ1) is 12.5. The maximum atomic E-state index is 13.0. The van der Waals surface area contributed by atoms with Crippen molar-refractivity contribution in [2.24, 2.45) is 4.99 Å². The van der Waals surface area contributed by atoms with Crippen LogP contribution in [-0.4, -0.2) is 15.8 Å². The van der Waals surface area contributed by atoms with Crippen LogP contribution in [0.25, 0.3) is 5.69 Å². The Morgan fingerprint density at radius 1 is 1.19 bits per heavy atom. The summed E-state index contributed by atoms with van der Waals surface area (Å²) in [6, 6.07) is 13.8. The fraction of sp³-hybridized carbons (Fsp3) is 0. The van der Waals surface area contributed by atoms with E-state index in [2.05, 4.69) is 9.98 Å². The summed E-state index contributed by atoms with van der Waals surface area (Å²) in [4.78, 5) is 20.2. The fourth-order valence-corrected chi connectivity index (χ4v) is 2.39. The number of hydrogen-bond donors (Lipinski definition) is 1. The predicted molar refractivity (Wildman–Crippen MR) is 97.6 cm³/mol. The van der Waals surface area contributed by atoms with Crippen molar-refractivity contribution in [2.45, 2.75) is 0 Å². The molecule has 26 heavy (non-hydrogen) atoms. The molecule has 2 aromatic carbocycles. The van der Waals surface area contributed by atoms with Gasteiger partial charge in [-0.25, -0.2) is 18.7 Å². The van der Waals surface area contributed by atoms with Crippen molar-refractivity contribution < 1.29 is 4.39 Å². The molecule has 0 unspecified atom stereocenters. The molecule has 0 saturated carbocycles. The largest absolute Gasteiger partial charge is 0.383 e. The van der Waals surface area contributed by atoms with Gasteiger partial charge in [-0.1, -0.05) is 23.7 Å². The number of nitriles is 1. The van der Waals surface area contributed by atoms with Crippen LogP contribution >= 0.6 is 11.6 Å². The number of anilines is 1. The Hall–Kier alpha value is -3.50. The van der Waals surface area contributed by atoms with E-state index in [1.54, 1.807) is 24.3 Å². The van der Waals surface area contributed by atoms with Crippen LogP contribution in [0.4, 0.5) is 15.9 Å². The Bertz CT molecular complexity index is 1080. The summed E-state index contributed by atoms with van der Waals surface area (Å²) in [6.45, 7) is 0. The van der Waals surface area contributed by atoms with E-state index >= 15 is 0 Å². The summed E-state index contributed by atoms with van der Waals surface area (Å²) in [7, 11) is 0. The molecule has 0 atom stereocenters. The molecular weight excluding hydrogens is 357 g/mol. The van der Waals surface area contributed by atoms with Crippen LogP contribution in [0.5, 0.6) is 0 Å². The second-order valence-corrected chi connectivity index (χ2v) is 5.65. The Morgan fingerprint density at radius 3 is 2.46 bits per heavy atom. The third kappa shape index (κ3) is 3.45. The maximum absolute atomic E-state index is 13.0. The lowest BCUT2D eigenvalue weighted by molar-refractivity contribution is 0.628. The molecule has 3 aromatic rings. The standard InChI is InChI=1S/C18H11ClFN5O/c19-12-3-7-14(8-4-12)25-17(22)16(15(9-21)24-18(25)26)23-10-11-1-5-13(20)6-2-11/h1-8,10H,22H2. The second kappa shape index (κ2) is 7.17. The van der Waals surface area contributed by atoms with E-state index in [1.807, 2.05) is 6.07 Å². The first kappa shape index (κ1) is 17.3. The van der Waals surface area contributed by atoms with Gasteiger partial charge in [0.15, 0.2) is 5.69 Å². The molecule has 0 radical (unpaired) electrons. The summed E-state index contributed by atoms with van der Waals surface area (Å²) in [6.07, 6.45) is 1.41. The summed E-state index contributed by atoms with van der Waals surface area (Å²) >= 11 is 5.86. The fourth-order valence-electron chi connectivity index (χ4n) is 2.26. The van der Waals surface area contributed by atoms with Crippen LogP contribution in [0, 0.1) is 17.1 Å². The van der Waals surface area contributed by atoms with Crippen molar-refractivity contribution in [3.8, 4) is 11.8 Å². The topological polar surface area (TPSA) is 97.1 Å².